The van der Waals surface area contributed by atoms with Crippen LogP contribution in [0.5, 0.6) is 0 Å². The molecule has 186 valence electrons. The van der Waals surface area contributed by atoms with Gasteiger partial charge in [0.25, 0.3) is 0 Å². The molecule has 1 N–H and O–H groups in total. The second-order valence-electron chi connectivity index (χ2n) is 8.31. The minimum absolute atomic E-state index is 0.0655. The number of rotatable bonds is 10. The van der Waals surface area contributed by atoms with Crippen molar-refractivity contribution in [3.63, 3.8) is 0 Å². The van der Waals surface area contributed by atoms with E-state index < -0.39 is 40.2 Å². The molecule has 0 saturated carbocycles. The number of carbonyl (C=O) groups is 2. The Morgan fingerprint density at radius 2 is 1.71 bits per heavy atom. The Hall–Kier alpha value is -3.01. The van der Waals surface area contributed by atoms with E-state index in [2.05, 4.69) is 5.32 Å². The quantitative estimate of drug-likeness (QED) is 0.548. The fraction of sp³-hybridized carbons (Fsp3) is 0.417. The highest BCUT2D eigenvalue weighted by molar-refractivity contribution is 7.92. The first-order chi connectivity index (χ1) is 15.8. The lowest BCUT2D eigenvalue weighted by Gasteiger charge is -2.32. The number of hydrogen-bond donors (Lipinski definition) is 1. The number of hydrogen-bond acceptors (Lipinski definition) is 4. The molecule has 2 atom stereocenters. The van der Waals surface area contributed by atoms with E-state index in [1.54, 1.807) is 13.0 Å². The molecule has 0 heterocycles. The number of halogens is 2. The predicted octanol–water partition coefficient (Wildman–Crippen LogP) is 3.37. The smallest absolute Gasteiger partial charge is 0.244 e. The van der Waals surface area contributed by atoms with Crippen LogP contribution in [0.4, 0.5) is 14.5 Å². The first-order valence-corrected chi connectivity index (χ1v) is 12.8. The van der Waals surface area contributed by atoms with Gasteiger partial charge in [0, 0.05) is 18.7 Å². The molecule has 0 bridgehead atoms. The minimum Gasteiger partial charge on any atom is -0.352 e. The van der Waals surface area contributed by atoms with Crippen molar-refractivity contribution in [2.45, 2.75) is 52.7 Å². The molecule has 0 aliphatic rings. The molecule has 2 amide bonds. The lowest BCUT2D eigenvalue weighted by atomic mass is 10.1. The van der Waals surface area contributed by atoms with E-state index in [-0.39, 0.29) is 24.2 Å². The zero-order valence-electron chi connectivity index (χ0n) is 20.0. The highest BCUT2D eigenvalue weighted by Crippen LogP contribution is 2.22. The van der Waals surface area contributed by atoms with Crippen molar-refractivity contribution in [2.75, 3.05) is 17.1 Å². The summed E-state index contributed by atoms with van der Waals surface area (Å²) < 4.78 is 52.8. The standard InChI is InChI=1S/C24H31F2N3O4S/c1-6-17(3)27-24(31)18(4)28(14-19-10-8-7-9-16(19)2)23(30)15-29(34(5,32)33)20-11-12-21(25)22(26)13-20/h7-13,17-18H,6,14-15H2,1-5H3,(H,27,31)/t17-,18+/m0/s1. The fourth-order valence-corrected chi connectivity index (χ4v) is 4.11. The Morgan fingerprint density at radius 1 is 1.06 bits per heavy atom. The summed E-state index contributed by atoms with van der Waals surface area (Å²) in [5.74, 6) is -3.42. The van der Waals surface area contributed by atoms with E-state index in [9.17, 15) is 26.8 Å². The van der Waals surface area contributed by atoms with Gasteiger partial charge in [-0.15, -0.1) is 0 Å². The molecular weight excluding hydrogens is 464 g/mol. The van der Waals surface area contributed by atoms with Gasteiger partial charge in [-0.05, 0) is 50.5 Å². The molecule has 0 aliphatic carbocycles. The summed E-state index contributed by atoms with van der Waals surface area (Å²) in [5, 5.41) is 2.84. The van der Waals surface area contributed by atoms with Crippen molar-refractivity contribution in [1.82, 2.24) is 10.2 Å². The van der Waals surface area contributed by atoms with E-state index in [0.717, 1.165) is 29.5 Å². The van der Waals surface area contributed by atoms with Gasteiger partial charge in [0.2, 0.25) is 21.8 Å². The van der Waals surface area contributed by atoms with E-state index >= 15 is 0 Å². The van der Waals surface area contributed by atoms with Crippen LogP contribution < -0.4 is 9.62 Å². The molecule has 34 heavy (non-hydrogen) atoms. The van der Waals surface area contributed by atoms with Crippen LogP contribution in [-0.4, -0.2) is 50.0 Å². The van der Waals surface area contributed by atoms with Gasteiger partial charge in [0.1, 0.15) is 12.6 Å². The molecule has 0 aromatic heterocycles. The number of nitrogens with one attached hydrogen (secondary N) is 1. The van der Waals surface area contributed by atoms with Crippen LogP contribution in [0, 0.1) is 18.6 Å². The van der Waals surface area contributed by atoms with Crippen LogP contribution in [0.15, 0.2) is 42.5 Å². The molecule has 0 fully saturated rings. The number of amides is 2. The van der Waals surface area contributed by atoms with Crippen molar-refractivity contribution in [3.05, 3.63) is 65.2 Å². The molecule has 7 nitrogen and oxygen atoms in total. The van der Waals surface area contributed by atoms with Gasteiger partial charge in [-0.25, -0.2) is 17.2 Å². The summed E-state index contributed by atoms with van der Waals surface area (Å²) in [6.07, 6.45) is 1.56. The monoisotopic (exact) mass is 495 g/mol. The van der Waals surface area contributed by atoms with Gasteiger partial charge >= 0.3 is 0 Å². The summed E-state index contributed by atoms with van der Waals surface area (Å²) in [7, 11) is -4.03. The van der Waals surface area contributed by atoms with E-state index in [1.807, 2.05) is 39.0 Å². The molecule has 2 aromatic carbocycles. The average Bonchev–Trinajstić information content (AvgIpc) is 2.77. The van der Waals surface area contributed by atoms with E-state index in [1.165, 1.54) is 4.90 Å². The van der Waals surface area contributed by atoms with Crippen molar-refractivity contribution in [3.8, 4) is 0 Å². The van der Waals surface area contributed by atoms with Crippen LogP contribution in [0.25, 0.3) is 0 Å². The number of anilines is 1. The molecule has 10 heteroatoms. The number of nitrogens with zero attached hydrogens (tertiary/aromatic N) is 2. The maximum atomic E-state index is 13.8. The number of carbonyl (C=O) groups excluding carboxylic acids is 2. The number of aryl methyl sites for hydroxylation is 1. The normalized spacial score (nSPS) is 13.1. The highest BCUT2D eigenvalue weighted by atomic mass is 32.2. The predicted molar refractivity (Wildman–Crippen MR) is 128 cm³/mol. The van der Waals surface area contributed by atoms with E-state index in [0.29, 0.717) is 16.8 Å². The van der Waals surface area contributed by atoms with Gasteiger partial charge in [0.05, 0.1) is 11.9 Å². The molecule has 0 spiro atoms. The maximum Gasteiger partial charge on any atom is 0.244 e. The third-order valence-electron chi connectivity index (χ3n) is 5.64. The van der Waals surface area contributed by atoms with Gasteiger partial charge in [-0.3, -0.25) is 13.9 Å². The summed E-state index contributed by atoms with van der Waals surface area (Å²) in [6, 6.07) is 8.90. The Bertz CT molecular complexity index is 1140. The van der Waals surface area contributed by atoms with Crippen molar-refractivity contribution < 1.29 is 26.8 Å². The Kier molecular flexibility index (Phi) is 9.14. The third-order valence-corrected chi connectivity index (χ3v) is 6.78. The van der Waals surface area contributed by atoms with E-state index in [4.69, 9.17) is 0 Å². The molecule has 0 saturated heterocycles. The summed E-state index contributed by atoms with van der Waals surface area (Å²) in [5.41, 5.74) is 1.50. The van der Waals surface area contributed by atoms with Gasteiger partial charge < -0.3 is 10.2 Å². The topological polar surface area (TPSA) is 86.8 Å². The SMILES string of the molecule is CC[C@H](C)NC(=O)[C@@H](C)N(Cc1ccccc1C)C(=O)CN(c1ccc(F)c(F)c1)S(C)(=O)=O. The van der Waals surface area contributed by atoms with Gasteiger partial charge in [-0.2, -0.15) is 0 Å². The van der Waals surface area contributed by atoms with Crippen molar-refractivity contribution in [1.29, 1.82) is 0 Å². The van der Waals surface area contributed by atoms with Crippen LogP contribution in [0.3, 0.4) is 0 Å². The molecule has 2 rings (SSSR count). The second-order valence-corrected chi connectivity index (χ2v) is 10.2. The zero-order valence-corrected chi connectivity index (χ0v) is 20.8. The fourth-order valence-electron chi connectivity index (χ4n) is 3.27. The van der Waals surface area contributed by atoms with Crippen LogP contribution in [0.1, 0.15) is 38.3 Å². The summed E-state index contributed by atoms with van der Waals surface area (Å²) in [6.45, 7) is 6.57. The van der Waals surface area contributed by atoms with Crippen LogP contribution >= 0.6 is 0 Å². The second kappa shape index (κ2) is 11.4. The van der Waals surface area contributed by atoms with Gasteiger partial charge in [-0.1, -0.05) is 31.2 Å². The third kappa shape index (κ3) is 6.99. The number of sulfonamides is 1. The van der Waals surface area contributed by atoms with Crippen molar-refractivity contribution >= 4 is 27.5 Å². The Balaban J connectivity index is 2.42. The molecule has 2 aromatic rings. The van der Waals surface area contributed by atoms with Gasteiger partial charge in [0.15, 0.2) is 11.6 Å². The molecule has 0 aliphatic heterocycles. The number of benzene rings is 2. The lowest BCUT2D eigenvalue weighted by Crippen LogP contribution is -2.52. The minimum atomic E-state index is -4.03. The Morgan fingerprint density at radius 3 is 2.26 bits per heavy atom. The molecular formula is C24H31F2N3O4S. The van der Waals surface area contributed by atoms with Crippen LogP contribution in [-0.2, 0) is 26.2 Å². The lowest BCUT2D eigenvalue weighted by molar-refractivity contribution is -0.139. The van der Waals surface area contributed by atoms with Crippen molar-refractivity contribution in [2.24, 2.45) is 0 Å². The summed E-state index contributed by atoms with van der Waals surface area (Å²) >= 11 is 0. The van der Waals surface area contributed by atoms with Crippen LogP contribution in [0.2, 0.25) is 0 Å². The average molecular weight is 496 g/mol. The maximum absolute atomic E-state index is 13.8. The molecule has 0 unspecified atom stereocenters. The first kappa shape index (κ1) is 27.2. The highest BCUT2D eigenvalue weighted by Gasteiger charge is 2.31. The largest absolute Gasteiger partial charge is 0.352 e. The zero-order chi connectivity index (χ0) is 25.6. The first-order valence-electron chi connectivity index (χ1n) is 10.9. The molecule has 0 radical (unpaired) electrons. The Labute approximate surface area is 199 Å². The summed E-state index contributed by atoms with van der Waals surface area (Å²) in [4.78, 5) is 27.5.